The van der Waals surface area contributed by atoms with Gasteiger partial charge in [-0.05, 0) is 25.0 Å². The van der Waals surface area contributed by atoms with Crippen molar-refractivity contribution in [1.29, 1.82) is 0 Å². The highest BCUT2D eigenvalue weighted by Gasteiger charge is 2.22. The Kier molecular flexibility index (Phi) is 7.57. The van der Waals surface area contributed by atoms with Gasteiger partial charge in [0.25, 0.3) is 0 Å². The normalized spacial score (nSPS) is 20.0. The van der Waals surface area contributed by atoms with Crippen LogP contribution in [-0.2, 0) is 9.53 Å². The van der Waals surface area contributed by atoms with E-state index in [-0.39, 0.29) is 18.6 Å². The van der Waals surface area contributed by atoms with E-state index in [9.17, 15) is 4.79 Å². The van der Waals surface area contributed by atoms with Crippen LogP contribution in [0.3, 0.4) is 0 Å². The Morgan fingerprint density at radius 3 is 2.76 bits per heavy atom. The van der Waals surface area contributed by atoms with Gasteiger partial charge < -0.3 is 29.5 Å². The molecule has 160 valence electrons. The first kappa shape index (κ1) is 21.2. The van der Waals surface area contributed by atoms with E-state index < -0.39 is 0 Å². The largest absolute Gasteiger partial charge is 0.497 e. The standard InChI is InChI=1S/C21H33N5O3/c1-24(2)20(27)16-23-21(22-15-19-8-5-13-29-19)26-11-9-25(10-12-26)17-6-4-7-18(14-17)28-3/h4,6-7,14,19H,5,8-13,15-16H2,1-3H3,(H,22,23). The van der Waals surface area contributed by atoms with Gasteiger partial charge in [0, 0.05) is 65.2 Å². The van der Waals surface area contributed by atoms with Crippen molar-refractivity contribution in [1.82, 2.24) is 15.1 Å². The predicted octanol–water partition coefficient (Wildman–Crippen LogP) is 1.03. The van der Waals surface area contributed by atoms with E-state index in [1.165, 1.54) is 0 Å². The van der Waals surface area contributed by atoms with E-state index in [0.717, 1.165) is 69.6 Å². The van der Waals surface area contributed by atoms with Crippen LogP contribution in [-0.4, -0.2) is 94.9 Å². The molecule has 1 amide bonds. The fourth-order valence-corrected chi connectivity index (χ4v) is 3.55. The summed E-state index contributed by atoms with van der Waals surface area (Å²) in [6.45, 7) is 5.15. The highest BCUT2D eigenvalue weighted by Crippen LogP contribution is 2.22. The number of carbonyl (C=O) groups is 1. The minimum Gasteiger partial charge on any atom is -0.497 e. The molecule has 1 atom stereocenters. The number of benzene rings is 1. The van der Waals surface area contributed by atoms with Crippen LogP contribution < -0.4 is 15.0 Å². The summed E-state index contributed by atoms with van der Waals surface area (Å²) < 4.78 is 11.1. The lowest BCUT2D eigenvalue weighted by Crippen LogP contribution is -2.53. The molecular formula is C21H33N5O3. The fourth-order valence-electron chi connectivity index (χ4n) is 3.55. The van der Waals surface area contributed by atoms with Gasteiger partial charge in [-0.15, -0.1) is 0 Å². The lowest BCUT2D eigenvalue weighted by Gasteiger charge is -2.38. The summed E-state index contributed by atoms with van der Waals surface area (Å²) in [4.78, 5) is 22.8. The van der Waals surface area contributed by atoms with Gasteiger partial charge in [0.1, 0.15) is 12.3 Å². The molecule has 2 saturated heterocycles. The van der Waals surface area contributed by atoms with Crippen molar-refractivity contribution in [3.63, 3.8) is 0 Å². The summed E-state index contributed by atoms with van der Waals surface area (Å²) in [6, 6.07) is 8.15. The maximum Gasteiger partial charge on any atom is 0.243 e. The third kappa shape index (κ3) is 6.00. The number of nitrogens with one attached hydrogen (secondary N) is 1. The molecule has 1 N–H and O–H groups in total. The number of hydrogen-bond acceptors (Lipinski definition) is 5. The lowest BCUT2D eigenvalue weighted by atomic mass is 10.2. The second-order valence-electron chi connectivity index (χ2n) is 7.62. The topological polar surface area (TPSA) is 69.6 Å². The molecular weight excluding hydrogens is 370 g/mol. The molecule has 2 heterocycles. The fraction of sp³-hybridized carbons (Fsp3) is 0.619. The molecule has 1 aromatic rings. The summed E-state index contributed by atoms with van der Waals surface area (Å²) in [5.41, 5.74) is 1.16. The zero-order chi connectivity index (χ0) is 20.6. The number of ether oxygens (including phenoxy) is 2. The molecule has 0 aliphatic carbocycles. The van der Waals surface area contributed by atoms with Crippen LogP contribution in [0.15, 0.2) is 29.3 Å². The molecule has 0 saturated carbocycles. The van der Waals surface area contributed by atoms with Gasteiger partial charge in [-0.25, -0.2) is 4.99 Å². The molecule has 0 aromatic heterocycles. The van der Waals surface area contributed by atoms with Crippen molar-refractivity contribution >= 4 is 17.6 Å². The summed E-state index contributed by atoms with van der Waals surface area (Å²) >= 11 is 0. The van der Waals surface area contributed by atoms with Crippen molar-refractivity contribution in [2.45, 2.75) is 18.9 Å². The highest BCUT2D eigenvalue weighted by atomic mass is 16.5. The first-order valence-electron chi connectivity index (χ1n) is 10.3. The third-order valence-electron chi connectivity index (χ3n) is 5.37. The SMILES string of the molecule is COc1cccc(N2CCN(C(=NCC(=O)N(C)C)NCC3CCCO3)CC2)c1. The van der Waals surface area contributed by atoms with Gasteiger partial charge in [-0.2, -0.15) is 0 Å². The summed E-state index contributed by atoms with van der Waals surface area (Å²) in [5, 5.41) is 3.44. The van der Waals surface area contributed by atoms with Crippen LogP contribution in [0.2, 0.25) is 0 Å². The van der Waals surface area contributed by atoms with Gasteiger partial charge in [0.2, 0.25) is 5.91 Å². The van der Waals surface area contributed by atoms with Crippen molar-refractivity contribution in [2.24, 2.45) is 4.99 Å². The first-order valence-corrected chi connectivity index (χ1v) is 10.3. The number of guanidine groups is 1. The molecule has 8 nitrogen and oxygen atoms in total. The molecule has 2 aliphatic rings. The average Bonchev–Trinajstić information content (AvgIpc) is 3.27. The van der Waals surface area contributed by atoms with Crippen molar-refractivity contribution in [2.75, 3.05) is 72.0 Å². The third-order valence-corrected chi connectivity index (χ3v) is 5.37. The molecule has 0 radical (unpaired) electrons. The van der Waals surface area contributed by atoms with E-state index in [1.807, 2.05) is 12.1 Å². The van der Waals surface area contributed by atoms with E-state index in [0.29, 0.717) is 0 Å². The molecule has 0 spiro atoms. The Morgan fingerprint density at radius 1 is 1.31 bits per heavy atom. The Hall–Kier alpha value is -2.48. The van der Waals surface area contributed by atoms with Gasteiger partial charge in [-0.3, -0.25) is 4.79 Å². The first-order chi connectivity index (χ1) is 14.1. The number of carbonyl (C=O) groups excluding carboxylic acids is 1. The number of rotatable bonds is 6. The van der Waals surface area contributed by atoms with Crippen LogP contribution in [0.1, 0.15) is 12.8 Å². The zero-order valence-corrected chi connectivity index (χ0v) is 17.8. The number of piperazine rings is 1. The van der Waals surface area contributed by atoms with E-state index in [4.69, 9.17) is 9.47 Å². The number of hydrogen-bond donors (Lipinski definition) is 1. The zero-order valence-electron chi connectivity index (χ0n) is 17.8. The van der Waals surface area contributed by atoms with Gasteiger partial charge in [-0.1, -0.05) is 6.07 Å². The molecule has 0 bridgehead atoms. The lowest BCUT2D eigenvalue weighted by molar-refractivity contribution is -0.127. The minimum absolute atomic E-state index is 0.00330. The Morgan fingerprint density at radius 2 is 2.10 bits per heavy atom. The highest BCUT2D eigenvalue weighted by molar-refractivity contribution is 5.85. The monoisotopic (exact) mass is 403 g/mol. The van der Waals surface area contributed by atoms with Gasteiger partial charge >= 0.3 is 0 Å². The van der Waals surface area contributed by atoms with Crippen molar-refractivity contribution < 1.29 is 14.3 Å². The smallest absolute Gasteiger partial charge is 0.243 e. The maximum atomic E-state index is 12.0. The molecule has 2 fully saturated rings. The Balaban J connectivity index is 1.61. The van der Waals surface area contributed by atoms with E-state index in [1.54, 1.807) is 26.1 Å². The van der Waals surface area contributed by atoms with Gasteiger partial charge in [0.05, 0.1) is 13.2 Å². The molecule has 29 heavy (non-hydrogen) atoms. The minimum atomic E-state index is -0.00330. The van der Waals surface area contributed by atoms with Crippen molar-refractivity contribution in [3.05, 3.63) is 24.3 Å². The van der Waals surface area contributed by atoms with Crippen LogP contribution in [0.5, 0.6) is 5.75 Å². The second kappa shape index (κ2) is 10.3. The van der Waals surface area contributed by atoms with E-state index >= 15 is 0 Å². The number of methoxy groups -OCH3 is 1. The van der Waals surface area contributed by atoms with Crippen LogP contribution in [0.4, 0.5) is 5.69 Å². The van der Waals surface area contributed by atoms with Crippen LogP contribution >= 0.6 is 0 Å². The van der Waals surface area contributed by atoms with E-state index in [2.05, 4.69) is 32.2 Å². The average molecular weight is 404 g/mol. The molecule has 3 rings (SSSR count). The number of aliphatic imine (C=N–C) groups is 1. The maximum absolute atomic E-state index is 12.0. The Bertz CT molecular complexity index is 695. The van der Waals surface area contributed by atoms with Gasteiger partial charge in [0.15, 0.2) is 5.96 Å². The number of amides is 1. The van der Waals surface area contributed by atoms with Crippen molar-refractivity contribution in [3.8, 4) is 5.75 Å². The van der Waals surface area contributed by atoms with Crippen LogP contribution in [0, 0.1) is 0 Å². The molecule has 8 heteroatoms. The van der Waals surface area contributed by atoms with Crippen LogP contribution in [0.25, 0.3) is 0 Å². The summed E-state index contributed by atoms with van der Waals surface area (Å²) in [5.74, 6) is 1.66. The Labute approximate surface area is 173 Å². The second-order valence-corrected chi connectivity index (χ2v) is 7.62. The number of likely N-dealkylation sites (N-methyl/N-ethyl adjacent to an activating group) is 1. The molecule has 1 aromatic carbocycles. The summed E-state index contributed by atoms with van der Waals surface area (Å²) in [6.07, 6.45) is 2.40. The molecule has 2 aliphatic heterocycles. The summed E-state index contributed by atoms with van der Waals surface area (Å²) in [7, 11) is 5.20. The molecule has 1 unspecified atom stereocenters. The number of nitrogens with zero attached hydrogens (tertiary/aromatic N) is 4. The quantitative estimate of drug-likeness (QED) is 0.565. The number of anilines is 1. The predicted molar refractivity (Wildman–Crippen MR) is 115 cm³/mol.